The highest BCUT2D eigenvalue weighted by Gasteiger charge is 2.35. The van der Waals surface area contributed by atoms with Gasteiger partial charge in [-0.15, -0.1) is 0 Å². The molecule has 2 atom stereocenters. The van der Waals surface area contributed by atoms with Crippen LogP contribution in [0.5, 0.6) is 0 Å². The van der Waals surface area contributed by atoms with Crippen molar-refractivity contribution in [3.05, 3.63) is 23.9 Å². The van der Waals surface area contributed by atoms with Crippen molar-refractivity contribution in [1.82, 2.24) is 10.3 Å². The van der Waals surface area contributed by atoms with E-state index in [9.17, 15) is 0 Å². The Bertz CT molecular complexity index is 319. The number of aromatic nitrogens is 1. The lowest BCUT2D eigenvalue weighted by molar-refractivity contribution is 0.346. The van der Waals surface area contributed by atoms with E-state index in [4.69, 9.17) is 0 Å². The molecule has 0 aliphatic carbocycles. The molecule has 17 heavy (non-hydrogen) atoms. The number of hydrogen-bond acceptors (Lipinski definition) is 3. The fourth-order valence-corrected chi connectivity index (χ4v) is 2.29. The lowest BCUT2D eigenvalue weighted by Gasteiger charge is -2.48. The molecule has 1 saturated heterocycles. The summed E-state index contributed by atoms with van der Waals surface area (Å²) in [6.45, 7) is 9.37. The molecule has 0 bridgehead atoms. The summed E-state index contributed by atoms with van der Waals surface area (Å²) in [7, 11) is 2.00. The first-order chi connectivity index (χ1) is 8.22. The minimum atomic E-state index is 0.611. The Morgan fingerprint density at radius 1 is 1.41 bits per heavy atom. The summed E-state index contributed by atoms with van der Waals surface area (Å²) < 4.78 is 0. The minimum absolute atomic E-state index is 0.611. The number of pyridine rings is 1. The summed E-state index contributed by atoms with van der Waals surface area (Å²) >= 11 is 0. The molecular formula is C14H25N3. The molecule has 1 aromatic heterocycles. The summed E-state index contributed by atoms with van der Waals surface area (Å²) in [5, 5.41) is 3.23. The van der Waals surface area contributed by atoms with Crippen molar-refractivity contribution in [1.29, 1.82) is 0 Å². The first-order valence-electron chi connectivity index (χ1n) is 6.58. The molecule has 1 aliphatic heterocycles. The summed E-state index contributed by atoms with van der Waals surface area (Å²) in [6.07, 6.45) is 3.20. The summed E-state index contributed by atoms with van der Waals surface area (Å²) in [5.74, 6) is 1.11. The molecule has 1 fully saturated rings. The highest BCUT2D eigenvalue weighted by Crippen LogP contribution is 2.30. The van der Waals surface area contributed by atoms with Crippen molar-refractivity contribution in [3.8, 4) is 0 Å². The Morgan fingerprint density at radius 2 is 2.12 bits per heavy atom. The number of hydrogen-bond donors (Lipinski definition) is 1. The van der Waals surface area contributed by atoms with E-state index in [1.165, 1.54) is 12.0 Å². The third-order valence-electron chi connectivity index (χ3n) is 3.08. The number of nitrogens with zero attached hydrogens (tertiary/aromatic N) is 2. The van der Waals surface area contributed by atoms with Gasteiger partial charge >= 0.3 is 0 Å². The molecule has 3 heteroatoms. The van der Waals surface area contributed by atoms with Crippen molar-refractivity contribution in [2.45, 2.75) is 46.2 Å². The predicted octanol–water partition coefficient (Wildman–Crippen LogP) is 2.60. The van der Waals surface area contributed by atoms with Crippen LogP contribution in [0.25, 0.3) is 0 Å². The third-order valence-corrected chi connectivity index (χ3v) is 3.08. The van der Waals surface area contributed by atoms with Gasteiger partial charge in [0.2, 0.25) is 0 Å². The van der Waals surface area contributed by atoms with E-state index in [2.05, 4.69) is 41.2 Å². The molecule has 0 radical (unpaired) electrons. The van der Waals surface area contributed by atoms with Gasteiger partial charge in [0, 0.05) is 24.8 Å². The van der Waals surface area contributed by atoms with E-state index in [1.807, 2.05) is 27.1 Å². The fraction of sp³-hybridized carbons (Fsp3) is 0.643. The topological polar surface area (TPSA) is 28.2 Å². The number of likely N-dealkylation sites (N-methyl/N-ethyl adjacent to an activating group) is 1. The monoisotopic (exact) mass is 235 g/mol. The van der Waals surface area contributed by atoms with Crippen molar-refractivity contribution in [3.63, 3.8) is 0 Å². The molecule has 0 spiro atoms. The average molecular weight is 235 g/mol. The first kappa shape index (κ1) is 14.0. The molecule has 0 saturated carbocycles. The second-order valence-corrected chi connectivity index (χ2v) is 4.40. The van der Waals surface area contributed by atoms with Gasteiger partial charge in [0.05, 0.1) is 0 Å². The third kappa shape index (κ3) is 3.19. The Morgan fingerprint density at radius 3 is 2.59 bits per heavy atom. The zero-order valence-corrected chi connectivity index (χ0v) is 11.7. The van der Waals surface area contributed by atoms with Gasteiger partial charge in [0.25, 0.3) is 0 Å². The van der Waals surface area contributed by atoms with Gasteiger partial charge in [-0.1, -0.05) is 19.9 Å². The van der Waals surface area contributed by atoms with Crippen LogP contribution < -0.4 is 10.2 Å². The van der Waals surface area contributed by atoms with Gasteiger partial charge in [-0.25, -0.2) is 4.98 Å². The number of aryl methyl sites for hydroxylation is 1. The van der Waals surface area contributed by atoms with E-state index in [1.54, 1.807) is 0 Å². The maximum Gasteiger partial charge on any atom is 0.129 e. The smallest absolute Gasteiger partial charge is 0.129 e. The molecule has 0 amide bonds. The molecule has 3 nitrogen and oxygen atoms in total. The van der Waals surface area contributed by atoms with Gasteiger partial charge in [-0.05, 0) is 38.9 Å². The fourth-order valence-electron chi connectivity index (χ4n) is 2.29. The van der Waals surface area contributed by atoms with E-state index in [-0.39, 0.29) is 0 Å². The van der Waals surface area contributed by atoms with Crippen LogP contribution in [-0.2, 0) is 0 Å². The lowest BCUT2D eigenvalue weighted by atomic mass is 9.94. The molecule has 1 aromatic rings. The van der Waals surface area contributed by atoms with Crippen LogP contribution in [0, 0.1) is 6.92 Å². The van der Waals surface area contributed by atoms with Crippen molar-refractivity contribution < 1.29 is 0 Å². The quantitative estimate of drug-likeness (QED) is 0.873. The molecule has 2 rings (SSSR count). The van der Waals surface area contributed by atoms with Gasteiger partial charge in [0.15, 0.2) is 0 Å². The highest BCUT2D eigenvalue weighted by atomic mass is 15.3. The Hall–Kier alpha value is -1.09. The average Bonchev–Trinajstić information content (AvgIpc) is 2.34. The maximum absolute atomic E-state index is 4.48. The zero-order valence-electron chi connectivity index (χ0n) is 11.7. The molecule has 2 unspecified atom stereocenters. The van der Waals surface area contributed by atoms with Crippen LogP contribution in [0.3, 0.4) is 0 Å². The normalized spacial score (nSPS) is 22.5. The van der Waals surface area contributed by atoms with Crippen LogP contribution in [0.15, 0.2) is 18.3 Å². The molecule has 1 N–H and O–H groups in total. The number of anilines is 1. The first-order valence-corrected chi connectivity index (χ1v) is 6.58. The van der Waals surface area contributed by atoms with E-state index in [0.29, 0.717) is 12.1 Å². The van der Waals surface area contributed by atoms with Crippen molar-refractivity contribution in [2.75, 3.05) is 18.5 Å². The Labute approximate surface area is 105 Å². The Kier molecular flexibility index (Phi) is 5.42. The molecule has 2 heterocycles. The van der Waals surface area contributed by atoms with Gasteiger partial charge in [-0.2, -0.15) is 0 Å². The summed E-state index contributed by atoms with van der Waals surface area (Å²) in [6, 6.07) is 5.48. The molecule has 1 aliphatic rings. The summed E-state index contributed by atoms with van der Waals surface area (Å²) in [4.78, 5) is 6.88. The van der Waals surface area contributed by atoms with Crippen LogP contribution >= 0.6 is 0 Å². The van der Waals surface area contributed by atoms with E-state index >= 15 is 0 Å². The maximum atomic E-state index is 4.48. The van der Waals surface area contributed by atoms with Crippen molar-refractivity contribution >= 4 is 5.82 Å². The van der Waals surface area contributed by atoms with Crippen LogP contribution in [0.1, 0.15) is 32.8 Å². The second-order valence-electron chi connectivity index (χ2n) is 4.40. The van der Waals surface area contributed by atoms with Crippen LogP contribution in [-0.4, -0.2) is 30.7 Å². The predicted molar refractivity (Wildman–Crippen MR) is 74.6 cm³/mol. The van der Waals surface area contributed by atoms with Gasteiger partial charge < -0.3 is 10.2 Å². The highest BCUT2D eigenvalue weighted by molar-refractivity contribution is 5.45. The standard InChI is InChI=1S/C12H19N3.C2H6/c1-9-4-5-12(14-7-9)15-10(2)6-11(15)8-13-3;1-2/h4-5,7,10-11,13H,6,8H2,1-3H3;1-2H3. The van der Waals surface area contributed by atoms with Crippen LogP contribution in [0.2, 0.25) is 0 Å². The van der Waals surface area contributed by atoms with Crippen molar-refractivity contribution in [2.24, 2.45) is 0 Å². The molecule has 0 aromatic carbocycles. The summed E-state index contributed by atoms with van der Waals surface area (Å²) in [5.41, 5.74) is 1.22. The minimum Gasteiger partial charge on any atom is -0.349 e. The van der Waals surface area contributed by atoms with Gasteiger partial charge in [-0.3, -0.25) is 0 Å². The Balaban J connectivity index is 0.000000686. The van der Waals surface area contributed by atoms with E-state index < -0.39 is 0 Å². The van der Waals surface area contributed by atoms with Gasteiger partial charge in [0.1, 0.15) is 5.82 Å². The molecular weight excluding hydrogens is 210 g/mol. The SMILES string of the molecule is CC.CNCC1CC(C)N1c1ccc(C)cn1. The number of nitrogens with one attached hydrogen (secondary N) is 1. The van der Waals surface area contributed by atoms with Crippen LogP contribution in [0.4, 0.5) is 5.82 Å². The number of rotatable bonds is 3. The largest absolute Gasteiger partial charge is 0.349 e. The van der Waals surface area contributed by atoms with E-state index in [0.717, 1.165) is 12.4 Å². The second kappa shape index (κ2) is 6.60. The molecule has 96 valence electrons. The zero-order chi connectivity index (χ0) is 12.8. The lowest BCUT2D eigenvalue weighted by Crippen LogP contribution is -2.58.